The van der Waals surface area contributed by atoms with E-state index in [1.165, 1.54) is 11.1 Å². The van der Waals surface area contributed by atoms with Crippen molar-refractivity contribution in [1.29, 1.82) is 0 Å². The molecule has 4 aromatic rings. The third-order valence-electron chi connectivity index (χ3n) is 6.92. The standard InChI is InChI=1S/C30H34N4O2/c1-23(2)25-12-14-26(15-13-25)36-22-30(35)33-18-16-32(17-19-33)21-29-31-27-10-6-7-11-28(27)34(29)20-24-8-4-3-5-9-24/h3-15,23H,16-22H2,1-2H3. The topological polar surface area (TPSA) is 50.6 Å². The van der Waals surface area contributed by atoms with E-state index in [4.69, 9.17) is 9.72 Å². The van der Waals surface area contributed by atoms with Gasteiger partial charge >= 0.3 is 0 Å². The van der Waals surface area contributed by atoms with Crippen molar-refractivity contribution in [1.82, 2.24) is 19.4 Å². The van der Waals surface area contributed by atoms with Gasteiger partial charge in [0.05, 0.1) is 17.6 Å². The van der Waals surface area contributed by atoms with Crippen LogP contribution in [-0.4, -0.2) is 58.0 Å². The highest BCUT2D eigenvalue weighted by molar-refractivity contribution is 5.78. The Balaban J connectivity index is 1.18. The van der Waals surface area contributed by atoms with E-state index in [9.17, 15) is 4.79 Å². The lowest BCUT2D eigenvalue weighted by Gasteiger charge is -2.34. The summed E-state index contributed by atoms with van der Waals surface area (Å²) in [5.41, 5.74) is 4.71. The number of carbonyl (C=O) groups is 1. The summed E-state index contributed by atoms with van der Waals surface area (Å²) in [6.07, 6.45) is 0. The molecule has 6 heteroatoms. The Hall–Kier alpha value is -3.64. The van der Waals surface area contributed by atoms with Gasteiger partial charge in [-0.2, -0.15) is 0 Å². The van der Waals surface area contributed by atoms with Crippen LogP contribution < -0.4 is 4.74 Å². The first-order chi connectivity index (χ1) is 17.6. The molecule has 6 nitrogen and oxygen atoms in total. The molecule has 0 atom stereocenters. The van der Waals surface area contributed by atoms with Crippen molar-refractivity contribution in [3.63, 3.8) is 0 Å². The molecule has 0 N–H and O–H groups in total. The van der Waals surface area contributed by atoms with Crippen LogP contribution in [0.2, 0.25) is 0 Å². The molecule has 0 unspecified atom stereocenters. The van der Waals surface area contributed by atoms with Crippen molar-refractivity contribution in [2.24, 2.45) is 0 Å². The normalized spacial score (nSPS) is 14.5. The summed E-state index contributed by atoms with van der Waals surface area (Å²) >= 11 is 0. The Morgan fingerprint density at radius 1 is 0.861 bits per heavy atom. The van der Waals surface area contributed by atoms with Gasteiger partial charge in [-0.25, -0.2) is 4.98 Å². The van der Waals surface area contributed by atoms with Crippen LogP contribution in [0.15, 0.2) is 78.9 Å². The largest absolute Gasteiger partial charge is 0.484 e. The van der Waals surface area contributed by atoms with Crippen molar-refractivity contribution >= 4 is 16.9 Å². The second-order valence-corrected chi connectivity index (χ2v) is 9.76. The van der Waals surface area contributed by atoms with Crippen LogP contribution in [0.1, 0.15) is 36.7 Å². The fourth-order valence-electron chi connectivity index (χ4n) is 4.73. The summed E-state index contributed by atoms with van der Waals surface area (Å²) in [5, 5.41) is 0. The van der Waals surface area contributed by atoms with Crippen LogP contribution in [0.5, 0.6) is 5.75 Å². The molecule has 36 heavy (non-hydrogen) atoms. The molecule has 0 saturated carbocycles. The summed E-state index contributed by atoms with van der Waals surface area (Å²) < 4.78 is 8.09. The number of carbonyl (C=O) groups excluding carboxylic acids is 1. The fraction of sp³-hybridized carbons (Fsp3) is 0.333. The molecule has 1 saturated heterocycles. The number of imidazole rings is 1. The molecule has 1 amide bonds. The van der Waals surface area contributed by atoms with Gasteiger partial charge in [0.2, 0.25) is 0 Å². The van der Waals surface area contributed by atoms with Crippen LogP contribution in [-0.2, 0) is 17.9 Å². The molecular formula is C30H34N4O2. The molecule has 2 heterocycles. The van der Waals surface area contributed by atoms with Gasteiger partial charge in [-0.1, -0.05) is 68.4 Å². The highest BCUT2D eigenvalue weighted by Crippen LogP contribution is 2.21. The number of nitrogens with zero attached hydrogens (tertiary/aromatic N) is 4. The number of hydrogen-bond donors (Lipinski definition) is 0. The smallest absolute Gasteiger partial charge is 0.260 e. The van der Waals surface area contributed by atoms with Gasteiger partial charge in [0.15, 0.2) is 6.61 Å². The quantitative estimate of drug-likeness (QED) is 0.357. The minimum absolute atomic E-state index is 0.0407. The van der Waals surface area contributed by atoms with Gasteiger partial charge in [-0.15, -0.1) is 0 Å². The molecule has 3 aromatic carbocycles. The highest BCUT2D eigenvalue weighted by atomic mass is 16.5. The number of para-hydroxylation sites is 2. The number of benzene rings is 3. The van der Waals surface area contributed by atoms with Crippen molar-refractivity contribution < 1.29 is 9.53 Å². The average molecular weight is 483 g/mol. The third-order valence-corrected chi connectivity index (χ3v) is 6.92. The van der Waals surface area contributed by atoms with E-state index in [1.54, 1.807) is 0 Å². The molecule has 1 fully saturated rings. The Labute approximate surface area is 213 Å². The zero-order valence-electron chi connectivity index (χ0n) is 21.1. The minimum atomic E-state index is 0.0407. The summed E-state index contributed by atoms with van der Waals surface area (Å²) in [7, 11) is 0. The van der Waals surface area contributed by atoms with Gasteiger partial charge in [0, 0.05) is 32.7 Å². The van der Waals surface area contributed by atoms with Gasteiger partial charge in [0.25, 0.3) is 5.91 Å². The first-order valence-electron chi connectivity index (χ1n) is 12.8. The highest BCUT2D eigenvalue weighted by Gasteiger charge is 2.23. The average Bonchev–Trinajstić information content (AvgIpc) is 3.25. The summed E-state index contributed by atoms with van der Waals surface area (Å²) in [6, 6.07) is 26.9. The first kappa shape index (κ1) is 24.1. The number of amides is 1. The van der Waals surface area contributed by atoms with Gasteiger partial charge < -0.3 is 14.2 Å². The van der Waals surface area contributed by atoms with Crippen molar-refractivity contribution in [3.8, 4) is 5.75 Å². The molecule has 5 rings (SSSR count). The summed E-state index contributed by atoms with van der Waals surface area (Å²) in [6.45, 7) is 9.02. The number of piperazine rings is 1. The maximum Gasteiger partial charge on any atom is 0.260 e. The van der Waals surface area contributed by atoms with E-state index in [0.29, 0.717) is 19.0 Å². The summed E-state index contributed by atoms with van der Waals surface area (Å²) in [4.78, 5) is 22.0. The number of fused-ring (bicyclic) bond motifs is 1. The van der Waals surface area contributed by atoms with Gasteiger partial charge in [-0.05, 0) is 41.3 Å². The molecule has 0 spiro atoms. The van der Waals surface area contributed by atoms with Crippen LogP contribution >= 0.6 is 0 Å². The fourth-order valence-corrected chi connectivity index (χ4v) is 4.73. The lowest BCUT2D eigenvalue weighted by atomic mass is 10.0. The molecular weight excluding hydrogens is 448 g/mol. The molecule has 0 radical (unpaired) electrons. The molecule has 0 aliphatic carbocycles. The third kappa shape index (κ3) is 5.60. The van der Waals surface area contributed by atoms with Crippen molar-refractivity contribution in [3.05, 3.63) is 95.8 Å². The maximum absolute atomic E-state index is 12.8. The Morgan fingerprint density at radius 3 is 2.28 bits per heavy atom. The molecule has 186 valence electrons. The SMILES string of the molecule is CC(C)c1ccc(OCC(=O)N2CCN(Cc3nc4ccccc4n3Cc3ccccc3)CC2)cc1. The zero-order valence-corrected chi connectivity index (χ0v) is 21.1. The molecule has 0 bridgehead atoms. The van der Waals surface area contributed by atoms with Crippen LogP contribution in [0, 0.1) is 0 Å². The lowest BCUT2D eigenvalue weighted by molar-refractivity contribution is -0.135. The molecule has 1 aromatic heterocycles. The van der Waals surface area contributed by atoms with Gasteiger partial charge in [0.1, 0.15) is 11.6 Å². The van der Waals surface area contributed by atoms with E-state index in [-0.39, 0.29) is 12.5 Å². The maximum atomic E-state index is 12.8. The monoisotopic (exact) mass is 482 g/mol. The number of hydrogen-bond acceptors (Lipinski definition) is 4. The van der Waals surface area contributed by atoms with Crippen molar-refractivity contribution in [2.45, 2.75) is 32.9 Å². The Morgan fingerprint density at radius 2 is 1.56 bits per heavy atom. The van der Waals surface area contributed by atoms with E-state index >= 15 is 0 Å². The minimum Gasteiger partial charge on any atom is -0.484 e. The zero-order chi connectivity index (χ0) is 24.9. The second kappa shape index (κ2) is 11.0. The van der Waals surface area contributed by atoms with Crippen LogP contribution in [0.4, 0.5) is 0 Å². The lowest BCUT2D eigenvalue weighted by Crippen LogP contribution is -2.49. The van der Waals surface area contributed by atoms with Crippen LogP contribution in [0.25, 0.3) is 11.0 Å². The molecule has 1 aliphatic rings. The van der Waals surface area contributed by atoms with E-state index in [2.05, 4.69) is 77.9 Å². The van der Waals surface area contributed by atoms with Gasteiger partial charge in [-0.3, -0.25) is 9.69 Å². The van der Waals surface area contributed by atoms with Crippen LogP contribution in [0.3, 0.4) is 0 Å². The Bertz CT molecular complexity index is 1290. The predicted octanol–water partition coefficient (Wildman–Crippen LogP) is 4.93. The first-order valence-corrected chi connectivity index (χ1v) is 12.8. The number of ether oxygens (including phenoxy) is 1. The second-order valence-electron chi connectivity index (χ2n) is 9.76. The van der Waals surface area contributed by atoms with Crippen molar-refractivity contribution in [2.75, 3.05) is 32.8 Å². The number of rotatable bonds is 8. The summed E-state index contributed by atoms with van der Waals surface area (Å²) in [5.74, 6) is 2.32. The van der Waals surface area contributed by atoms with E-state index in [1.807, 2.05) is 29.2 Å². The predicted molar refractivity (Wildman–Crippen MR) is 143 cm³/mol. The van der Waals surface area contributed by atoms with E-state index < -0.39 is 0 Å². The van der Waals surface area contributed by atoms with E-state index in [0.717, 1.165) is 48.8 Å². The Kier molecular flexibility index (Phi) is 7.33. The molecule has 1 aliphatic heterocycles. The number of aromatic nitrogens is 2.